The van der Waals surface area contributed by atoms with Gasteiger partial charge in [0.2, 0.25) is 0 Å². The topological polar surface area (TPSA) is 8.82 Å². The molecule has 4 heterocycles. The zero-order chi connectivity index (χ0) is 61.0. The maximum atomic E-state index is 2.84. The first kappa shape index (κ1) is 57.2. The molecule has 438 valence electrons. The van der Waals surface area contributed by atoms with Crippen molar-refractivity contribution in [2.75, 3.05) is 0 Å². The molecule has 2 aliphatic rings. The van der Waals surface area contributed by atoms with Gasteiger partial charge in [-0.05, 0) is 206 Å². The normalized spacial score (nSPS) is 17.8. The minimum atomic E-state index is -0.187. The lowest BCUT2D eigenvalue weighted by molar-refractivity contribution is 0.332. The fraction of sp³-hybridized carbons (Fsp3) is 0.488. The predicted molar refractivity (Wildman–Crippen MR) is 369 cm³/mol. The third-order valence-electron chi connectivity index (χ3n) is 21.7. The summed E-state index contributed by atoms with van der Waals surface area (Å²) in [5.74, 6) is 0. The largest absolute Gasteiger partial charge is 0.308 e. The van der Waals surface area contributed by atoms with Crippen molar-refractivity contribution in [2.45, 2.75) is 260 Å². The van der Waals surface area contributed by atoms with Gasteiger partial charge in [-0.2, -0.15) is 0 Å². The Morgan fingerprint density at radius 3 is 0.774 bits per heavy atom. The van der Waals surface area contributed by atoms with Gasteiger partial charge in [-0.15, -0.1) is 0 Å². The standard InChI is InChI=1S/C82H100N2/c1-73(2,3)49-31-45(32-50(39-49)74(4,5)6)47-35-55-67-65-53-41-57-60(82(25,26)30-27-79(57,19)20)44-64(53)84-70-56(36-48(38-62(70)78(16,17)18)46-33-51(75(7,8)9)40-52(34-46)76(10,11)12)68(72(65)84)66-54-42-58-59(81(23,24)29-28-80(58,21)22)43-63(54)83(71(66)67)69(55)61(37-47)77(13,14)15/h31-44H,27-30H2,1-26H3. The van der Waals surface area contributed by atoms with Crippen LogP contribution in [0.2, 0.25) is 0 Å². The van der Waals surface area contributed by atoms with Gasteiger partial charge in [-0.3, -0.25) is 0 Å². The fourth-order valence-electron chi connectivity index (χ4n) is 15.8. The quantitative estimate of drug-likeness (QED) is 0.163. The molecule has 0 radical (unpaired) electrons. The predicted octanol–water partition coefficient (Wildman–Crippen LogP) is 23.8. The molecular weight excluding hydrogens is 1010 g/mol. The van der Waals surface area contributed by atoms with Crippen LogP contribution in [0.15, 0.2) is 84.9 Å². The van der Waals surface area contributed by atoms with Crippen molar-refractivity contribution >= 4 is 76.2 Å². The average Bonchev–Trinajstić information content (AvgIpc) is 1.48. The number of aromatic nitrogens is 2. The molecule has 0 unspecified atom stereocenters. The van der Waals surface area contributed by atoms with Crippen LogP contribution in [0.1, 0.15) is 261 Å². The Labute approximate surface area is 504 Å². The van der Waals surface area contributed by atoms with E-state index in [1.54, 1.807) is 0 Å². The number of benzene rings is 7. The van der Waals surface area contributed by atoms with Gasteiger partial charge in [0.05, 0.1) is 33.1 Å². The van der Waals surface area contributed by atoms with Gasteiger partial charge in [0, 0.05) is 43.1 Å². The molecule has 84 heavy (non-hydrogen) atoms. The minimum Gasteiger partial charge on any atom is -0.308 e. The first-order valence-corrected chi connectivity index (χ1v) is 32.3. The molecule has 0 aliphatic heterocycles. The molecule has 13 rings (SSSR count). The van der Waals surface area contributed by atoms with E-state index in [9.17, 15) is 0 Å². The number of hydrogen-bond acceptors (Lipinski definition) is 0. The summed E-state index contributed by atoms with van der Waals surface area (Å²) in [6.07, 6.45) is 4.68. The lowest BCUT2D eigenvalue weighted by atomic mass is 9.63. The highest BCUT2D eigenvalue weighted by Gasteiger charge is 2.42. The Morgan fingerprint density at radius 2 is 0.512 bits per heavy atom. The molecule has 0 atom stereocenters. The highest BCUT2D eigenvalue weighted by molar-refractivity contribution is 6.45. The smallest absolute Gasteiger partial charge is 0.0634 e. The molecule has 0 amide bonds. The van der Waals surface area contributed by atoms with Crippen LogP contribution in [0.5, 0.6) is 0 Å². The monoisotopic (exact) mass is 1110 g/mol. The zero-order valence-corrected chi connectivity index (χ0v) is 56.8. The molecule has 0 saturated heterocycles. The first-order chi connectivity index (χ1) is 38.4. The average molecular weight is 1110 g/mol. The van der Waals surface area contributed by atoms with E-state index in [1.807, 2.05) is 0 Å². The highest BCUT2D eigenvalue weighted by atomic mass is 15.0. The lowest BCUT2D eigenvalue weighted by Gasteiger charge is -2.42. The Bertz CT molecular complexity index is 4250. The van der Waals surface area contributed by atoms with Crippen molar-refractivity contribution in [3.8, 4) is 22.3 Å². The zero-order valence-electron chi connectivity index (χ0n) is 56.8. The molecule has 0 N–H and O–H groups in total. The summed E-state index contributed by atoms with van der Waals surface area (Å²) in [6, 6.07) is 36.5. The number of nitrogens with zero attached hydrogens (tertiary/aromatic N) is 2. The van der Waals surface area contributed by atoms with Crippen LogP contribution in [-0.2, 0) is 54.1 Å². The van der Waals surface area contributed by atoms with E-state index in [0.29, 0.717) is 0 Å². The van der Waals surface area contributed by atoms with Crippen LogP contribution in [0.4, 0.5) is 0 Å². The molecule has 2 heteroatoms. The van der Waals surface area contributed by atoms with Crippen molar-refractivity contribution < 1.29 is 0 Å². The Kier molecular flexibility index (Phi) is 11.6. The Hall–Kier alpha value is -5.86. The maximum Gasteiger partial charge on any atom is 0.0634 e. The van der Waals surface area contributed by atoms with Gasteiger partial charge in [0.15, 0.2) is 0 Å². The van der Waals surface area contributed by atoms with Crippen molar-refractivity contribution in [2.24, 2.45) is 0 Å². The number of fused-ring (bicyclic) bond motifs is 16. The van der Waals surface area contributed by atoms with Crippen LogP contribution in [0.3, 0.4) is 0 Å². The van der Waals surface area contributed by atoms with Crippen LogP contribution < -0.4 is 0 Å². The van der Waals surface area contributed by atoms with Gasteiger partial charge >= 0.3 is 0 Å². The third-order valence-corrected chi connectivity index (χ3v) is 21.7. The summed E-state index contributed by atoms with van der Waals surface area (Å²) in [6.45, 7) is 63.5. The van der Waals surface area contributed by atoms with Crippen molar-refractivity contribution in [3.63, 3.8) is 0 Å². The van der Waals surface area contributed by atoms with E-state index < -0.39 is 0 Å². The van der Waals surface area contributed by atoms with E-state index >= 15 is 0 Å². The summed E-state index contributed by atoms with van der Waals surface area (Å²) < 4.78 is 5.67. The van der Waals surface area contributed by atoms with Crippen LogP contribution in [-0.4, -0.2) is 8.80 Å². The molecular formula is C82H100N2. The molecule has 4 aromatic heterocycles. The van der Waals surface area contributed by atoms with E-state index in [2.05, 4.69) is 274 Å². The van der Waals surface area contributed by atoms with Gasteiger partial charge in [0.1, 0.15) is 0 Å². The summed E-state index contributed by atoms with van der Waals surface area (Å²) in [4.78, 5) is 0. The van der Waals surface area contributed by atoms with Gasteiger partial charge < -0.3 is 8.80 Å². The molecule has 2 nitrogen and oxygen atoms in total. The van der Waals surface area contributed by atoms with E-state index in [0.717, 1.165) is 0 Å². The summed E-state index contributed by atoms with van der Waals surface area (Å²) in [7, 11) is 0. The second-order valence-corrected chi connectivity index (χ2v) is 36.2. The molecule has 11 aromatic rings. The van der Waals surface area contributed by atoms with Crippen molar-refractivity contribution in [3.05, 3.63) is 141 Å². The van der Waals surface area contributed by atoms with Crippen LogP contribution in [0.25, 0.3) is 98.4 Å². The van der Waals surface area contributed by atoms with Gasteiger partial charge in [0.25, 0.3) is 0 Å². The second-order valence-electron chi connectivity index (χ2n) is 36.2. The Balaban J connectivity index is 1.35. The number of hydrogen-bond donors (Lipinski definition) is 0. The third kappa shape index (κ3) is 8.26. The molecule has 0 saturated carbocycles. The lowest BCUT2D eigenvalue weighted by Crippen LogP contribution is -2.33. The fourth-order valence-corrected chi connectivity index (χ4v) is 15.8. The molecule has 7 aromatic carbocycles. The van der Waals surface area contributed by atoms with E-state index in [4.69, 9.17) is 0 Å². The molecule has 2 aliphatic carbocycles. The SMILES string of the molecule is CC(C)(C)c1cc(-c2cc(C(C)(C)C)c3c(c2)c2c4c5cc6c(cc5n5c7c(C(C)(C)C)cc(-c8cc(C(C)(C)C)cc(C(C)(C)C)c8)cc7c(c7c8cc9c(cc8n3c72)C(C)(C)CCC9(C)C)c45)C(C)(C)CCC6(C)C)cc(C(C)(C)C)c1. The van der Waals surface area contributed by atoms with Gasteiger partial charge in [-0.25, -0.2) is 0 Å². The maximum absolute atomic E-state index is 2.84. The van der Waals surface area contributed by atoms with Crippen molar-refractivity contribution in [1.82, 2.24) is 8.80 Å². The van der Waals surface area contributed by atoms with E-state index in [1.165, 1.54) is 180 Å². The Morgan fingerprint density at radius 1 is 0.262 bits per heavy atom. The van der Waals surface area contributed by atoms with Gasteiger partial charge in [-0.1, -0.05) is 216 Å². The highest BCUT2D eigenvalue weighted by Crippen LogP contribution is 2.59. The van der Waals surface area contributed by atoms with Crippen LogP contribution in [0, 0.1) is 0 Å². The van der Waals surface area contributed by atoms with E-state index in [-0.39, 0.29) is 54.1 Å². The number of rotatable bonds is 2. The molecule has 0 fully saturated rings. The second kappa shape index (κ2) is 17.0. The summed E-state index contributed by atoms with van der Waals surface area (Å²) in [5, 5.41) is 11.2. The minimum absolute atomic E-state index is 0.0178. The molecule has 0 bridgehead atoms. The summed E-state index contributed by atoms with van der Waals surface area (Å²) >= 11 is 0. The first-order valence-electron chi connectivity index (χ1n) is 32.3. The summed E-state index contributed by atoms with van der Waals surface area (Å²) in [5.41, 5.74) is 27.6. The molecule has 0 spiro atoms. The van der Waals surface area contributed by atoms with Crippen LogP contribution >= 0.6 is 0 Å². The van der Waals surface area contributed by atoms with Crippen molar-refractivity contribution in [1.29, 1.82) is 0 Å².